The molecule has 0 spiro atoms. The van der Waals surface area contributed by atoms with Crippen LogP contribution in [0.4, 0.5) is 16.2 Å². The molecule has 17 nitrogen and oxygen atoms in total. The SMILES string of the molecule is CC.CC.CNCCCCC(NC(=O)c1cc(NC)ccc1OC)C(=O)Nc1ccc(OC)c(C(N)=O)c1.NC(C=O)CCCCNC(=O)OCc1ccccc1.O=COCc1ccccc1. The van der Waals surface area contributed by atoms with Gasteiger partial charge in [0.25, 0.3) is 18.3 Å². The number of anilines is 2. The minimum atomic E-state index is -0.813. The molecule has 0 aliphatic carbocycles. The summed E-state index contributed by atoms with van der Waals surface area (Å²) in [6.45, 7) is 10.4. The number of unbranched alkanes of at least 4 members (excludes halogenated alkanes) is 2. The Bertz CT molecular complexity index is 1990. The summed E-state index contributed by atoms with van der Waals surface area (Å²) in [5.41, 5.74) is 14.4. The lowest BCUT2D eigenvalue weighted by atomic mass is 10.1. The molecule has 4 rings (SSSR count). The third kappa shape index (κ3) is 25.9. The number of ether oxygens (including phenoxy) is 4. The normalized spacial score (nSPS) is 10.5. The molecule has 17 heteroatoms. The summed E-state index contributed by atoms with van der Waals surface area (Å²) in [4.78, 5) is 69.3. The molecule has 0 radical (unpaired) electrons. The van der Waals surface area contributed by atoms with Crippen molar-refractivity contribution in [2.45, 2.75) is 91.5 Å². The van der Waals surface area contributed by atoms with Gasteiger partial charge in [-0.2, -0.15) is 0 Å². The van der Waals surface area contributed by atoms with Crippen LogP contribution in [0.2, 0.25) is 0 Å². The second-order valence-corrected chi connectivity index (χ2v) is 13.7. The van der Waals surface area contributed by atoms with E-state index in [-0.39, 0.29) is 12.2 Å². The van der Waals surface area contributed by atoms with Crippen LogP contribution in [-0.4, -0.2) is 90.1 Å². The Kier molecular flexibility index (Phi) is 34.3. The number of nitrogens with two attached hydrogens (primary N) is 2. The number of methoxy groups -OCH3 is 2. The van der Waals surface area contributed by atoms with Crippen LogP contribution in [0.5, 0.6) is 11.5 Å². The Hall–Kier alpha value is -6.98. The highest BCUT2D eigenvalue weighted by atomic mass is 16.5. The van der Waals surface area contributed by atoms with Crippen molar-refractivity contribution in [3.63, 3.8) is 0 Å². The number of alkyl carbamates (subject to hydrolysis) is 1. The standard InChI is InChI=1S/C24H33N5O5.C14H20N2O3.C8H8O2.2C2H6/c1-26-12-6-5-7-19(29-23(31)18-13-15(27-2)8-10-21(18)34-4)24(32)28-16-9-11-20(33-3)17(14-16)22(25)30;15-13(10-17)8-4-5-9-16-14(18)19-11-12-6-2-1-3-7-12;9-7-10-6-8-4-2-1-3-5-8;2*1-2/h8-11,13-14,19,26-27H,5-7,12H2,1-4H3,(H2,25,30)(H,28,32)(H,29,31);1-3,6-7,10,13H,4-5,8-9,11,15H2,(H,16,18);1-5,7H,6H2;2*1-2H3. The first kappa shape index (κ1) is 60.0. The first-order valence-electron chi connectivity index (χ1n) is 22.3. The number of hydrogen-bond acceptors (Lipinski definition) is 13. The Labute approximate surface area is 396 Å². The molecule has 67 heavy (non-hydrogen) atoms. The topological polar surface area (TPSA) is 252 Å². The van der Waals surface area contributed by atoms with Crippen LogP contribution < -0.4 is 47.5 Å². The summed E-state index contributed by atoms with van der Waals surface area (Å²) in [5, 5.41) is 14.3. The third-order valence-electron chi connectivity index (χ3n) is 9.04. The molecule has 368 valence electrons. The molecule has 0 fully saturated rings. The van der Waals surface area contributed by atoms with Crippen molar-refractivity contribution in [3.05, 3.63) is 119 Å². The predicted octanol–water partition coefficient (Wildman–Crippen LogP) is 6.99. The lowest BCUT2D eigenvalue weighted by Crippen LogP contribution is -2.44. The second kappa shape index (κ2) is 38.3. The molecular formula is C50H73N7O10. The number of carbonyl (C=O) groups is 6. The van der Waals surface area contributed by atoms with Gasteiger partial charge >= 0.3 is 6.09 Å². The Morgan fingerprint density at radius 1 is 0.672 bits per heavy atom. The van der Waals surface area contributed by atoms with E-state index in [1.807, 2.05) is 95.4 Å². The van der Waals surface area contributed by atoms with Gasteiger partial charge in [-0.05, 0) is 99.6 Å². The van der Waals surface area contributed by atoms with Crippen molar-refractivity contribution in [2.24, 2.45) is 11.5 Å². The molecule has 2 atom stereocenters. The largest absolute Gasteiger partial charge is 0.496 e. The Balaban J connectivity index is 0.00000110. The van der Waals surface area contributed by atoms with Crippen molar-refractivity contribution in [3.8, 4) is 11.5 Å². The number of benzene rings is 4. The van der Waals surface area contributed by atoms with Crippen molar-refractivity contribution >= 4 is 47.9 Å². The van der Waals surface area contributed by atoms with E-state index in [4.69, 9.17) is 25.7 Å². The molecule has 0 aliphatic heterocycles. The summed E-state index contributed by atoms with van der Waals surface area (Å²) in [7, 11) is 6.50. The first-order valence-corrected chi connectivity index (χ1v) is 22.3. The van der Waals surface area contributed by atoms with E-state index in [1.54, 1.807) is 37.4 Å². The molecule has 0 saturated carbocycles. The van der Waals surface area contributed by atoms with Crippen LogP contribution in [0.1, 0.15) is 98.1 Å². The highest BCUT2D eigenvalue weighted by Crippen LogP contribution is 2.24. The summed E-state index contributed by atoms with van der Waals surface area (Å²) < 4.78 is 20.0. The van der Waals surface area contributed by atoms with Crippen LogP contribution in [0.15, 0.2) is 97.1 Å². The van der Waals surface area contributed by atoms with E-state index >= 15 is 0 Å². The first-order chi connectivity index (χ1) is 32.5. The van der Waals surface area contributed by atoms with E-state index < -0.39 is 35.9 Å². The zero-order valence-corrected chi connectivity index (χ0v) is 40.4. The number of amides is 4. The highest BCUT2D eigenvalue weighted by Gasteiger charge is 2.24. The van der Waals surface area contributed by atoms with Crippen molar-refractivity contribution in [1.82, 2.24) is 16.0 Å². The fourth-order valence-electron chi connectivity index (χ4n) is 5.65. The van der Waals surface area contributed by atoms with Gasteiger partial charge in [0.2, 0.25) is 5.91 Å². The molecule has 9 N–H and O–H groups in total. The minimum Gasteiger partial charge on any atom is -0.496 e. The maximum atomic E-state index is 13.1. The van der Waals surface area contributed by atoms with Crippen molar-refractivity contribution in [1.29, 1.82) is 0 Å². The van der Waals surface area contributed by atoms with Crippen molar-refractivity contribution in [2.75, 3.05) is 52.0 Å². The number of carbonyl (C=O) groups excluding carboxylic acids is 6. The molecule has 0 aliphatic rings. The molecule has 0 saturated heterocycles. The van der Waals surface area contributed by atoms with Crippen LogP contribution >= 0.6 is 0 Å². The minimum absolute atomic E-state index is 0.142. The molecule has 0 heterocycles. The lowest BCUT2D eigenvalue weighted by Gasteiger charge is -2.20. The number of primary amides is 1. The lowest BCUT2D eigenvalue weighted by molar-refractivity contribution is -0.129. The molecular weight excluding hydrogens is 859 g/mol. The number of rotatable bonds is 24. The van der Waals surface area contributed by atoms with Gasteiger partial charge in [-0.3, -0.25) is 19.2 Å². The van der Waals surface area contributed by atoms with E-state index in [0.29, 0.717) is 61.6 Å². The molecule has 4 aromatic rings. The molecule has 0 bridgehead atoms. The third-order valence-corrected chi connectivity index (χ3v) is 9.04. The van der Waals surface area contributed by atoms with Gasteiger partial charge < -0.3 is 61.8 Å². The van der Waals surface area contributed by atoms with Crippen LogP contribution in [0.3, 0.4) is 0 Å². The summed E-state index contributed by atoms with van der Waals surface area (Å²) in [6.07, 6.45) is 4.51. The monoisotopic (exact) mass is 932 g/mol. The summed E-state index contributed by atoms with van der Waals surface area (Å²) in [5.74, 6) is -0.829. The molecule has 4 aromatic carbocycles. The maximum Gasteiger partial charge on any atom is 0.407 e. The Morgan fingerprint density at radius 3 is 1.75 bits per heavy atom. The van der Waals surface area contributed by atoms with Gasteiger partial charge in [0, 0.05) is 25.0 Å². The Morgan fingerprint density at radius 2 is 1.21 bits per heavy atom. The zero-order chi connectivity index (χ0) is 50.2. The fraction of sp³-hybridized carbons (Fsp3) is 0.400. The predicted molar refractivity (Wildman–Crippen MR) is 264 cm³/mol. The smallest absolute Gasteiger partial charge is 0.407 e. The van der Waals surface area contributed by atoms with E-state index in [1.165, 1.54) is 20.3 Å². The second-order valence-electron chi connectivity index (χ2n) is 13.7. The summed E-state index contributed by atoms with van der Waals surface area (Å²) >= 11 is 0. The van der Waals surface area contributed by atoms with E-state index in [9.17, 15) is 28.8 Å². The average Bonchev–Trinajstić information content (AvgIpc) is 3.37. The molecule has 0 aromatic heterocycles. The average molecular weight is 932 g/mol. The maximum absolute atomic E-state index is 13.1. The molecule has 2 unspecified atom stereocenters. The molecule has 4 amide bonds. The fourth-order valence-corrected chi connectivity index (χ4v) is 5.65. The van der Waals surface area contributed by atoms with Gasteiger partial charge in [0.1, 0.15) is 37.0 Å². The highest BCUT2D eigenvalue weighted by molar-refractivity contribution is 6.04. The quantitative estimate of drug-likeness (QED) is 0.0277. The van der Waals surface area contributed by atoms with Gasteiger partial charge in [0.15, 0.2) is 0 Å². The number of hydrogen-bond donors (Lipinski definition) is 7. The summed E-state index contributed by atoms with van der Waals surface area (Å²) in [6, 6.07) is 27.6. The van der Waals surface area contributed by atoms with Gasteiger partial charge in [-0.15, -0.1) is 0 Å². The van der Waals surface area contributed by atoms with Crippen molar-refractivity contribution < 1.29 is 47.7 Å². The van der Waals surface area contributed by atoms with Crippen LogP contribution in [-0.2, 0) is 37.1 Å². The zero-order valence-electron chi connectivity index (χ0n) is 40.4. The van der Waals surface area contributed by atoms with Gasteiger partial charge in [-0.1, -0.05) is 88.4 Å². The number of aldehydes is 1. The van der Waals surface area contributed by atoms with Crippen LogP contribution in [0, 0.1) is 0 Å². The van der Waals surface area contributed by atoms with Gasteiger partial charge in [-0.25, -0.2) is 4.79 Å². The van der Waals surface area contributed by atoms with Crippen LogP contribution in [0.25, 0.3) is 0 Å². The van der Waals surface area contributed by atoms with Gasteiger partial charge in [0.05, 0.1) is 31.4 Å². The van der Waals surface area contributed by atoms with E-state index in [2.05, 4.69) is 31.3 Å². The number of nitrogens with one attached hydrogen (secondary N) is 5. The van der Waals surface area contributed by atoms with E-state index in [0.717, 1.165) is 48.9 Å².